The van der Waals surface area contributed by atoms with Crippen LogP contribution in [0.15, 0.2) is 0 Å². The molecule has 1 aliphatic rings. The Balaban J connectivity index is 2.76. The first kappa shape index (κ1) is 11.6. The normalized spacial score (nSPS) is 33.4. The summed E-state index contributed by atoms with van der Waals surface area (Å²) < 4.78 is 0. The van der Waals surface area contributed by atoms with Gasteiger partial charge in [0.1, 0.15) is 11.2 Å². The molecule has 0 spiro atoms. The van der Waals surface area contributed by atoms with Crippen molar-refractivity contribution < 1.29 is 10.2 Å². The Hall–Kier alpha value is -0.520. The van der Waals surface area contributed by atoms with Crippen molar-refractivity contribution >= 4 is 0 Å². The minimum absolute atomic E-state index is 0.214. The average Bonchev–Trinajstić information content (AvgIpc) is 2.06. The molecule has 2 N–H and O–H groups in total. The molecule has 1 rings (SSSR count). The average molecular weight is 196 g/mol. The maximum atomic E-state index is 10.2. The molecule has 0 aromatic rings. The second-order valence-corrected chi connectivity index (χ2v) is 4.88. The molecule has 0 heterocycles. The molecule has 0 aromatic carbocycles. The summed E-state index contributed by atoms with van der Waals surface area (Å²) in [5.74, 6) is 5.78. The third-order valence-corrected chi connectivity index (χ3v) is 2.85. The van der Waals surface area contributed by atoms with Gasteiger partial charge in [-0.05, 0) is 39.0 Å². The van der Waals surface area contributed by atoms with E-state index in [0.717, 1.165) is 19.3 Å². The Morgan fingerprint density at radius 2 is 2.00 bits per heavy atom. The molecule has 0 radical (unpaired) electrons. The zero-order chi connectivity index (χ0) is 10.8. The predicted octanol–water partition coefficient (Wildman–Crippen LogP) is 1.70. The van der Waals surface area contributed by atoms with Gasteiger partial charge in [-0.25, -0.2) is 0 Å². The largest absolute Gasteiger partial charge is 0.378 e. The molecule has 0 saturated heterocycles. The summed E-state index contributed by atoms with van der Waals surface area (Å²) in [5, 5.41) is 19.7. The van der Waals surface area contributed by atoms with Crippen molar-refractivity contribution in [3.8, 4) is 11.8 Å². The van der Waals surface area contributed by atoms with E-state index in [1.54, 1.807) is 13.8 Å². The van der Waals surface area contributed by atoms with Crippen LogP contribution in [0, 0.1) is 17.8 Å². The molecule has 2 atom stereocenters. The van der Waals surface area contributed by atoms with E-state index in [0.29, 0.717) is 0 Å². The smallest absolute Gasteiger partial charge is 0.128 e. The van der Waals surface area contributed by atoms with E-state index in [-0.39, 0.29) is 5.92 Å². The van der Waals surface area contributed by atoms with E-state index in [4.69, 9.17) is 0 Å². The summed E-state index contributed by atoms with van der Waals surface area (Å²) >= 11 is 0. The molecule has 14 heavy (non-hydrogen) atoms. The van der Waals surface area contributed by atoms with Crippen LogP contribution in [0.2, 0.25) is 0 Å². The standard InChI is InChI=1S/C12H20O2/c1-10-6-4-5-7-12(10,14)9-8-11(2,3)13/h10,13-14H,4-7H2,1-3H3. The molecular weight excluding hydrogens is 176 g/mol. The Morgan fingerprint density at radius 3 is 2.50 bits per heavy atom. The van der Waals surface area contributed by atoms with Crippen LogP contribution in [-0.2, 0) is 0 Å². The minimum atomic E-state index is -1.01. The van der Waals surface area contributed by atoms with Gasteiger partial charge in [-0.3, -0.25) is 0 Å². The van der Waals surface area contributed by atoms with Gasteiger partial charge in [0.15, 0.2) is 0 Å². The number of aliphatic hydroxyl groups is 2. The third kappa shape index (κ3) is 3.01. The van der Waals surface area contributed by atoms with E-state index in [1.807, 2.05) is 6.92 Å². The number of rotatable bonds is 0. The molecule has 0 aromatic heterocycles. The van der Waals surface area contributed by atoms with Crippen LogP contribution in [-0.4, -0.2) is 21.4 Å². The van der Waals surface area contributed by atoms with Gasteiger partial charge in [-0.15, -0.1) is 0 Å². The molecule has 1 fully saturated rings. The zero-order valence-electron chi connectivity index (χ0n) is 9.30. The lowest BCUT2D eigenvalue weighted by Crippen LogP contribution is -2.38. The van der Waals surface area contributed by atoms with E-state index in [2.05, 4.69) is 11.8 Å². The summed E-state index contributed by atoms with van der Waals surface area (Å²) in [6.45, 7) is 5.30. The summed E-state index contributed by atoms with van der Waals surface area (Å²) in [4.78, 5) is 0. The van der Waals surface area contributed by atoms with Crippen LogP contribution in [0.5, 0.6) is 0 Å². The van der Waals surface area contributed by atoms with E-state index < -0.39 is 11.2 Å². The van der Waals surface area contributed by atoms with Gasteiger partial charge >= 0.3 is 0 Å². The highest BCUT2D eigenvalue weighted by Crippen LogP contribution is 2.32. The zero-order valence-corrected chi connectivity index (χ0v) is 9.30. The molecule has 0 aliphatic heterocycles. The van der Waals surface area contributed by atoms with Gasteiger partial charge in [0.05, 0.1) is 0 Å². The maximum absolute atomic E-state index is 10.2. The molecule has 2 nitrogen and oxygen atoms in total. The molecule has 0 amide bonds. The molecule has 2 unspecified atom stereocenters. The Kier molecular flexibility index (Phi) is 3.24. The second kappa shape index (κ2) is 3.92. The first-order valence-corrected chi connectivity index (χ1v) is 5.33. The van der Waals surface area contributed by atoms with Crippen LogP contribution >= 0.6 is 0 Å². The number of hydrogen-bond acceptors (Lipinski definition) is 2. The topological polar surface area (TPSA) is 40.5 Å². The highest BCUT2D eigenvalue weighted by atomic mass is 16.3. The maximum Gasteiger partial charge on any atom is 0.128 e. The molecule has 0 bridgehead atoms. The Labute approximate surface area is 86.3 Å². The van der Waals surface area contributed by atoms with Gasteiger partial charge in [-0.2, -0.15) is 0 Å². The van der Waals surface area contributed by atoms with Gasteiger partial charge in [0.25, 0.3) is 0 Å². The van der Waals surface area contributed by atoms with E-state index >= 15 is 0 Å². The first-order valence-electron chi connectivity index (χ1n) is 5.33. The lowest BCUT2D eigenvalue weighted by molar-refractivity contribution is 0.0117. The summed E-state index contributed by atoms with van der Waals surface area (Å²) in [7, 11) is 0. The van der Waals surface area contributed by atoms with Crippen molar-refractivity contribution in [3.63, 3.8) is 0 Å². The van der Waals surface area contributed by atoms with E-state index in [1.165, 1.54) is 6.42 Å². The highest BCUT2D eigenvalue weighted by Gasteiger charge is 2.34. The number of hydrogen-bond donors (Lipinski definition) is 2. The second-order valence-electron chi connectivity index (χ2n) is 4.88. The summed E-state index contributed by atoms with van der Waals surface area (Å²) in [6, 6.07) is 0. The van der Waals surface area contributed by atoms with Gasteiger partial charge in [-0.1, -0.05) is 25.2 Å². The third-order valence-electron chi connectivity index (χ3n) is 2.85. The Morgan fingerprint density at radius 1 is 1.36 bits per heavy atom. The van der Waals surface area contributed by atoms with Crippen LogP contribution < -0.4 is 0 Å². The fourth-order valence-corrected chi connectivity index (χ4v) is 1.78. The van der Waals surface area contributed by atoms with Crippen molar-refractivity contribution in [2.24, 2.45) is 5.92 Å². The summed E-state index contributed by atoms with van der Waals surface area (Å²) in [5.41, 5.74) is -1.88. The fraction of sp³-hybridized carbons (Fsp3) is 0.833. The lowest BCUT2D eigenvalue weighted by atomic mass is 9.76. The lowest BCUT2D eigenvalue weighted by Gasteiger charge is -2.33. The van der Waals surface area contributed by atoms with Crippen LogP contribution in [0.1, 0.15) is 46.5 Å². The van der Waals surface area contributed by atoms with Gasteiger partial charge < -0.3 is 10.2 Å². The van der Waals surface area contributed by atoms with Crippen LogP contribution in [0.4, 0.5) is 0 Å². The molecule has 1 aliphatic carbocycles. The van der Waals surface area contributed by atoms with Crippen molar-refractivity contribution in [1.29, 1.82) is 0 Å². The first-order chi connectivity index (χ1) is 6.33. The van der Waals surface area contributed by atoms with Gasteiger partial charge in [0, 0.05) is 0 Å². The highest BCUT2D eigenvalue weighted by molar-refractivity contribution is 5.21. The van der Waals surface area contributed by atoms with Crippen molar-refractivity contribution in [2.75, 3.05) is 0 Å². The predicted molar refractivity (Wildman–Crippen MR) is 56.7 cm³/mol. The van der Waals surface area contributed by atoms with E-state index in [9.17, 15) is 10.2 Å². The fourth-order valence-electron chi connectivity index (χ4n) is 1.78. The Bertz CT molecular complexity index is 254. The SMILES string of the molecule is CC1CCCCC1(O)C#CC(C)(C)O. The van der Waals surface area contributed by atoms with Crippen molar-refractivity contribution in [2.45, 2.75) is 57.7 Å². The quantitative estimate of drug-likeness (QED) is 0.579. The van der Waals surface area contributed by atoms with Gasteiger partial charge in [0.2, 0.25) is 0 Å². The monoisotopic (exact) mass is 196 g/mol. The minimum Gasteiger partial charge on any atom is -0.378 e. The van der Waals surface area contributed by atoms with Crippen molar-refractivity contribution in [3.05, 3.63) is 0 Å². The summed E-state index contributed by atoms with van der Waals surface area (Å²) in [6.07, 6.45) is 3.96. The molecule has 2 heteroatoms. The molecule has 80 valence electrons. The molecule has 1 saturated carbocycles. The molecular formula is C12H20O2. The van der Waals surface area contributed by atoms with Crippen LogP contribution in [0.3, 0.4) is 0 Å². The van der Waals surface area contributed by atoms with Crippen molar-refractivity contribution in [1.82, 2.24) is 0 Å². The van der Waals surface area contributed by atoms with Crippen LogP contribution in [0.25, 0.3) is 0 Å².